The van der Waals surface area contributed by atoms with Crippen molar-refractivity contribution >= 4 is 17.5 Å². The zero-order valence-electron chi connectivity index (χ0n) is 12.1. The van der Waals surface area contributed by atoms with E-state index in [4.69, 9.17) is 0 Å². The normalized spacial score (nSPS) is 16.4. The Morgan fingerprint density at radius 2 is 1.83 bits per heavy atom. The summed E-state index contributed by atoms with van der Waals surface area (Å²) in [5.74, 6) is -2.14. The molecule has 2 aromatic carbocycles. The van der Waals surface area contributed by atoms with Gasteiger partial charge in [0.25, 0.3) is 0 Å². The zero-order chi connectivity index (χ0) is 16.4. The van der Waals surface area contributed by atoms with E-state index < -0.39 is 11.7 Å². The molecule has 2 amide bonds. The average molecular weight is 316 g/mol. The number of rotatable bonds is 3. The van der Waals surface area contributed by atoms with Crippen molar-refractivity contribution in [3.63, 3.8) is 0 Å². The van der Waals surface area contributed by atoms with E-state index in [9.17, 15) is 18.4 Å². The molecule has 1 unspecified atom stereocenters. The van der Waals surface area contributed by atoms with Gasteiger partial charge in [0.05, 0.1) is 5.92 Å². The minimum absolute atomic E-state index is 0.00782. The molecule has 2 N–H and O–H groups in total. The fraction of sp³-hybridized carbons (Fsp3) is 0.176. The van der Waals surface area contributed by atoms with Gasteiger partial charge < -0.3 is 10.6 Å². The third kappa shape index (κ3) is 3.36. The highest BCUT2D eigenvalue weighted by atomic mass is 19.1. The fourth-order valence-electron chi connectivity index (χ4n) is 2.59. The van der Waals surface area contributed by atoms with Crippen LogP contribution in [0.25, 0.3) is 0 Å². The van der Waals surface area contributed by atoms with E-state index in [2.05, 4.69) is 10.6 Å². The standard InChI is InChI=1S/C17H14F2N2O2/c18-11-3-1-10(2-4-11)9-20-17(23)14-8-16(22)21-15-7-12(19)5-6-13(14)15/h1-7,14H,8-9H2,(H,20,23)(H,21,22). The highest BCUT2D eigenvalue weighted by molar-refractivity contribution is 6.01. The van der Waals surface area contributed by atoms with Crippen LogP contribution in [-0.4, -0.2) is 11.8 Å². The molecule has 1 aliphatic heterocycles. The van der Waals surface area contributed by atoms with Gasteiger partial charge >= 0.3 is 0 Å². The zero-order valence-corrected chi connectivity index (χ0v) is 12.1. The summed E-state index contributed by atoms with van der Waals surface area (Å²) < 4.78 is 26.1. The van der Waals surface area contributed by atoms with E-state index >= 15 is 0 Å². The monoisotopic (exact) mass is 316 g/mol. The van der Waals surface area contributed by atoms with E-state index in [-0.39, 0.29) is 30.6 Å². The van der Waals surface area contributed by atoms with E-state index in [0.717, 1.165) is 5.56 Å². The topological polar surface area (TPSA) is 58.2 Å². The van der Waals surface area contributed by atoms with Crippen LogP contribution < -0.4 is 10.6 Å². The summed E-state index contributed by atoms with van der Waals surface area (Å²) in [6, 6.07) is 9.75. The van der Waals surface area contributed by atoms with E-state index in [1.54, 1.807) is 12.1 Å². The second-order valence-electron chi connectivity index (χ2n) is 5.38. The van der Waals surface area contributed by atoms with E-state index in [1.165, 1.54) is 30.3 Å². The Balaban J connectivity index is 1.74. The molecule has 0 aromatic heterocycles. The Kier molecular flexibility index (Phi) is 4.06. The van der Waals surface area contributed by atoms with Crippen LogP contribution in [-0.2, 0) is 16.1 Å². The third-order valence-electron chi connectivity index (χ3n) is 3.75. The van der Waals surface area contributed by atoms with Crippen molar-refractivity contribution in [3.05, 3.63) is 65.2 Å². The Bertz CT molecular complexity index is 760. The van der Waals surface area contributed by atoms with Crippen LogP contribution in [0.1, 0.15) is 23.5 Å². The average Bonchev–Trinajstić information content (AvgIpc) is 2.52. The molecular weight excluding hydrogens is 302 g/mol. The first-order chi connectivity index (χ1) is 11.0. The van der Waals surface area contributed by atoms with Crippen molar-refractivity contribution in [1.29, 1.82) is 0 Å². The SMILES string of the molecule is O=C1CC(C(=O)NCc2ccc(F)cc2)c2ccc(F)cc2N1. The van der Waals surface area contributed by atoms with E-state index in [0.29, 0.717) is 11.3 Å². The van der Waals surface area contributed by atoms with Gasteiger partial charge in [0, 0.05) is 18.7 Å². The highest BCUT2D eigenvalue weighted by Gasteiger charge is 2.30. The first kappa shape index (κ1) is 15.1. The van der Waals surface area contributed by atoms with Gasteiger partial charge in [-0.15, -0.1) is 0 Å². The maximum atomic E-state index is 13.3. The number of halogens is 2. The Morgan fingerprint density at radius 1 is 1.13 bits per heavy atom. The second-order valence-corrected chi connectivity index (χ2v) is 5.38. The Hall–Kier alpha value is -2.76. The summed E-state index contributed by atoms with van der Waals surface area (Å²) in [4.78, 5) is 24.1. The first-order valence-electron chi connectivity index (χ1n) is 7.14. The molecule has 0 aliphatic carbocycles. The molecule has 1 atom stereocenters. The van der Waals surface area contributed by atoms with Gasteiger partial charge in [-0.25, -0.2) is 8.78 Å². The number of fused-ring (bicyclic) bond motifs is 1. The maximum Gasteiger partial charge on any atom is 0.228 e. The quantitative estimate of drug-likeness (QED) is 0.915. The summed E-state index contributed by atoms with van der Waals surface area (Å²) >= 11 is 0. The molecule has 0 fully saturated rings. The molecule has 0 saturated heterocycles. The van der Waals surface area contributed by atoms with Gasteiger partial charge in [-0.3, -0.25) is 9.59 Å². The third-order valence-corrected chi connectivity index (χ3v) is 3.75. The molecule has 0 radical (unpaired) electrons. The van der Waals surface area contributed by atoms with Gasteiger partial charge in [-0.1, -0.05) is 18.2 Å². The smallest absolute Gasteiger partial charge is 0.228 e. The van der Waals surface area contributed by atoms with Crippen molar-refractivity contribution in [2.45, 2.75) is 18.9 Å². The lowest BCUT2D eigenvalue weighted by atomic mass is 9.89. The van der Waals surface area contributed by atoms with Crippen LogP contribution in [0.3, 0.4) is 0 Å². The van der Waals surface area contributed by atoms with E-state index in [1.807, 2.05) is 0 Å². The van der Waals surface area contributed by atoms with Crippen LogP contribution in [0.15, 0.2) is 42.5 Å². The minimum Gasteiger partial charge on any atom is -0.351 e. The van der Waals surface area contributed by atoms with Crippen LogP contribution in [0.4, 0.5) is 14.5 Å². The first-order valence-corrected chi connectivity index (χ1v) is 7.14. The molecular formula is C17H14F2N2O2. The lowest BCUT2D eigenvalue weighted by Gasteiger charge is -2.24. The summed E-state index contributed by atoms with van der Waals surface area (Å²) in [5.41, 5.74) is 1.66. The summed E-state index contributed by atoms with van der Waals surface area (Å²) in [6.07, 6.45) is 0.00782. The van der Waals surface area contributed by atoms with Gasteiger partial charge in [0.2, 0.25) is 11.8 Å². The predicted octanol–water partition coefficient (Wildman–Crippen LogP) is 2.71. The number of carbonyl (C=O) groups excluding carboxylic acids is 2. The Morgan fingerprint density at radius 3 is 2.57 bits per heavy atom. The number of hydrogen-bond donors (Lipinski definition) is 2. The molecule has 23 heavy (non-hydrogen) atoms. The number of nitrogens with one attached hydrogen (secondary N) is 2. The van der Waals surface area contributed by atoms with Crippen molar-refractivity contribution < 1.29 is 18.4 Å². The largest absolute Gasteiger partial charge is 0.351 e. The maximum absolute atomic E-state index is 13.3. The second kappa shape index (κ2) is 6.16. The van der Waals surface area contributed by atoms with Crippen LogP contribution >= 0.6 is 0 Å². The van der Waals surface area contributed by atoms with Crippen LogP contribution in [0.5, 0.6) is 0 Å². The van der Waals surface area contributed by atoms with Crippen molar-refractivity contribution in [3.8, 4) is 0 Å². The molecule has 118 valence electrons. The summed E-state index contributed by atoms with van der Waals surface area (Å²) in [5, 5.41) is 5.29. The number of benzene rings is 2. The predicted molar refractivity (Wildman–Crippen MR) is 80.6 cm³/mol. The molecule has 4 nitrogen and oxygen atoms in total. The van der Waals surface area contributed by atoms with Crippen LogP contribution in [0.2, 0.25) is 0 Å². The number of carbonyl (C=O) groups is 2. The molecule has 2 aromatic rings. The molecule has 0 bridgehead atoms. The molecule has 0 saturated carbocycles. The molecule has 3 rings (SSSR count). The van der Waals surface area contributed by atoms with Gasteiger partial charge in [-0.2, -0.15) is 0 Å². The Labute approximate surface area is 131 Å². The number of anilines is 1. The van der Waals surface area contributed by atoms with Gasteiger partial charge in [-0.05, 0) is 35.4 Å². The molecule has 1 aliphatic rings. The number of amides is 2. The summed E-state index contributed by atoms with van der Waals surface area (Å²) in [6.45, 7) is 0.230. The van der Waals surface area contributed by atoms with Crippen molar-refractivity contribution in [2.24, 2.45) is 0 Å². The minimum atomic E-state index is -0.667. The molecule has 0 spiro atoms. The van der Waals surface area contributed by atoms with Gasteiger partial charge in [0.1, 0.15) is 11.6 Å². The molecule has 1 heterocycles. The highest BCUT2D eigenvalue weighted by Crippen LogP contribution is 2.32. The molecule has 6 heteroatoms. The van der Waals surface area contributed by atoms with Crippen molar-refractivity contribution in [2.75, 3.05) is 5.32 Å². The van der Waals surface area contributed by atoms with Gasteiger partial charge in [0.15, 0.2) is 0 Å². The van der Waals surface area contributed by atoms with Crippen molar-refractivity contribution in [1.82, 2.24) is 5.32 Å². The fourth-order valence-corrected chi connectivity index (χ4v) is 2.59. The summed E-state index contributed by atoms with van der Waals surface area (Å²) in [7, 11) is 0. The lowest BCUT2D eigenvalue weighted by Crippen LogP contribution is -2.34. The lowest BCUT2D eigenvalue weighted by molar-refractivity contribution is -0.126. The number of hydrogen-bond acceptors (Lipinski definition) is 2. The van der Waals surface area contributed by atoms with Crippen LogP contribution in [0, 0.1) is 11.6 Å².